The molecule has 0 saturated heterocycles. The summed E-state index contributed by atoms with van der Waals surface area (Å²) in [6.45, 7) is 9.50. The molecule has 5 nitrogen and oxygen atoms in total. The SMILES string of the molecule is C[C@]12CC[C@H](O)C[C@@H]1CC[C@@H]1[C@@H]2CC[C@]2(C)C(=O)[C@@H](Br)C[C@@H]12.C[C@]12CC[C@H](O)C[C@@H]1CC[C@@H]1[C@@H]2CC[C@]2(C)C(=O)[C@@H](Br)C[C@@H]12.O. The van der Waals surface area contributed by atoms with E-state index in [2.05, 4.69) is 59.6 Å². The summed E-state index contributed by atoms with van der Waals surface area (Å²) in [7, 11) is 0. The molecule has 0 spiro atoms. The van der Waals surface area contributed by atoms with Gasteiger partial charge in [-0.25, -0.2) is 0 Å². The van der Waals surface area contributed by atoms with Gasteiger partial charge in [-0.15, -0.1) is 0 Å². The maximum atomic E-state index is 12.7. The lowest BCUT2D eigenvalue weighted by Crippen LogP contribution is -2.54. The van der Waals surface area contributed by atoms with Gasteiger partial charge < -0.3 is 15.7 Å². The van der Waals surface area contributed by atoms with E-state index in [0.29, 0.717) is 46.1 Å². The van der Waals surface area contributed by atoms with Gasteiger partial charge in [0.25, 0.3) is 0 Å². The summed E-state index contributed by atoms with van der Waals surface area (Å²) in [4.78, 5) is 25.5. The molecule has 16 atom stereocenters. The van der Waals surface area contributed by atoms with Crippen LogP contribution in [-0.4, -0.2) is 49.1 Å². The van der Waals surface area contributed by atoms with Crippen LogP contribution in [0.25, 0.3) is 0 Å². The Hall–Kier alpha value is 0.180. The highest BCUT2D eigenvalue weighted by Crippen LogP contribution is 2.67. The van der Waals surface area contributed by atoms with Crippen molar-refractivity contribution in [2.75, 3.05) is 0 Å². The number of hydrogen-bond acceptors (Lipinski definition) is 4. The zero-order chi connectivity index (χ0) is 31.4. The molecule has 0 amide bonds. The lowest BCUT2D eigenvalue weighted by atomic mass is 9.45. The molecule has 8 saturated carbocycles. The Morgan fingerprint density at radius 3 is 1.29 bits per heavy atom. The summed E-state index contributed by atoms with van der Waals surface area (Å²) >= 11 is 7.31. The van der Waals surface area contributed by atoms with Crippen molar-refractivity contribution in [2.45, 2.75) is 152 Å². The first-order valence-electron chi connectivity index (χ1n) is 18.5. The summed E-state index contributed by atoms with van der Waals surface area (Å²) in [6, 6.07) is 0. The van der Waals surface area contributed by atoms with E-state index >= 15 is 0 Å². The van der Waals surface area contributed by atoms with Crippen molar-refractivity contribution >= 4 is 43.4 Å². The van der Waals surface area contributed by atoms with Gasteiger partial charge in [0.2, 0.25) is 0 Å². The highest BCUT2D eigenvalue weighted by molar-refractivity contribution is 9.10. The Labute approximate surface area is 288 Å². The molecule has 0 aromatic heterocycles. The van der Waals surface area contributed by atoms with Crippen molar-refractivity contribution in [1.82, 2.24) is 0 Å². The molecule has 256 valence electrons. The lowest BCUT2D eigenvalue weighted by molar-refractivity contribution is -0.142. The molecule has 8 fully saturated rings. The molecule has 0 radical (unpaired) electrons. The number of carbonyl (C=O) groups is 2. The van der Waals surface area contributed by atoms with Gasteiger partial charge in [0.1, 0.15) is 0 Å². The molecule has 0 unspecified atom stereocenters. The van der Waals surface area contributed by atoms with Crippen LogP contribution in [0.15, 0.2) is 0 Å². The number of Topliss-reactive ketones (excluding diaryl/α,β-unsaturated/α-hetero) is 2. The maximum absolute atomic E-state index is 12.7. The van der Waals surface area contributed by atoms with Crippen LogP contribution in [-0.2, 0) is 9.59 Å². The highest BCUT2D eigenvalue weighted by atomic mass is 79.9. The van der Waals surface area contributed by atoms with E-state index in [0.717, 1.165) is 75.0 Å². The average Bonchev–Trinajstić information content (AvgIpc) is 3.37. The minimum absolute atomic E-state index is 0. The molecular formula is C38H60Br2O5. The van der Waals surface area contributed by atoms with Crippen LogP contribution in [0.4, 0.5) is 0 Å². The molecule has 7 heteroatoms. The number of carbonyl (C=O) groups excluding carboxylic acids is 2. The number of hydrogen-bond donors (Lipinski definition) is 2. The fourth-order valence-electron chi connectivity index (χ4n) is 14.0. The van der Waals surface area contributed by atoms with Gasteiger partial charge >= 0.3 is 0 Å². The molecule has 0 bridgehead atoms. The molecule has 0 heterocycles. The standard InChI is InChI=1S/2C19H29BrO2.H2O/c2*1-18-7-5-12(21)9-11(18)3-4-13-14(18)6-8-19(2)15(13)10-16(20)17(19)22;/h2*11-16,21H,3-10H2,1-2H3;1H2/t2*11-,12-,13+,14-,15-,16-,18-,19-;/m00./s1. The Morgan fingerprint density at radius 2 is 0.911 bits per heavy atom. The summed E-state index contributed by atoms with van der Waals surface area (Å²) in [5, 5.41) is 20.1. The number of halogens is 2. The minimum Gasteiger partial charge on any atom is -0.412 e. The number of fused-ring (bicyclic) bond motifs is 10. The third-order valence-electron chi connectivity index (χ3n) is 16.7. The van der Waals surface area contributed by atoms with Crippen LogP contribution in [0.3, 0.4) is 0 Å². The van der Waals surface area contributed by atoms with Crippen molar-refractivity contribution in [2.24, 2.45) is 69.0 Å². The van der Waals surface area contributed by atoms with Crippen molar-refractivity contribution < 1.29 is 25.3 Å². The molecule has 0 aromatic carbocycles. The van der Waals surface area contributed by atoms with E-state index < -0.39 is 0 Å². The fourth-order valence-corrected chi connectivity index (χ4v) is 15.8. The quantitative estimate of drug-likeness (QED) is 0.246. The second-order valence-corrected chi connectivity index (χ2v) is 20.4. The number of aliphatic hydroxyl groups excluding tert-OH is 2. The van der Waals surface area contributed by atoms with Crippen LogP contribution < -0.4 is 0 Å². The monoisotopic (exact) mass is 754 g/mol. The van der Waals surface area contributed by atoms with Crippen LogP contribution >= 0.6 is 31.9 Å². The highest BCUT2D eigenvalue weighted by Gasteiger charge is 2.63. The van der Waals surface area contributed by atoms with Gasteiger partial charge in [-0.2, -0.15) is 0 Å². The average molecular weight is 757 g/mol. The Bertz CT molecular complexity index is 1070. The van der Waals surface area contributed by atoms with E-state index in [1.807, 2.05) is 0 Å². The predicted octanol–water partition coefficient (Wildman–Crippen LogP) is 7.84. The van der Waals surface area contributed by atoms with Crippen molar-refractivity contribution in [3.63, 3.8) is 0 Å². The first kappa shape index (κ1) is 35.0. The van der Waals surface area contributed by atoms with E-state index in [4.69, 9.17) is 0 Å². The molecule has 45 heavy (non-hydrogen) atoms. The summed E-state index contributed by atoms with van der Waals surface area (Å²) in [5.41, 5.74) is 0.702. The maximum Gasteiger partial charge on any atom is 0.152 e. The topological polar surface area (TPSA) is 106 Å². The molecular weight excluding hydrogens is 696 g/mol. The van der Waals surface area contributed by atoms with E-state index in [-0.39, 0.29) is 38.2 Å². The molecule has 0 aliphatic heterocycles. The minimum atomic E-state index is -0.0662. The Kier molecular flexibility index (Phi) is 9.49. The van der Waals surface area contributed by atoms with Crippen LogP contribution in [0.1, 0.15) is 130 Å². The Balaban J connectivity index is 0.000000155. The number of rotatable bonds is 0. The molecule has 8 aliphatic carbocycles. The largest absolute Gasteiger partial charge is 0.412 e. The zero-order valence-corrected chi connectivity index (χ0v) is 31.4. The van der Waals surface area contributed by atoms with Gasteiger partial charge in [0.05, 0.1) is 21.9 Å². The van der Waals surface area contributed by atoms with E-state index in [1.54, 1.807) is 0 Å². The van der Waals surface area contributed by atoms with Crippen molar-refractivity contribution in [3.05, 3.63) is 0 Å². The zero-order valence-electron chi connectivity index (χ0n) is 28.2. The van der Waals surface area contributed by atoms with Crippen LogP contribution in [0.2, 0.25) is 0 Å². The summed E-state index contributed by atoms with van der Waals surface area (Å²) in [5.74, 6) is 6.58. The fraction of sp³-hybridized carbons (Fsp3) is 0.947. The second kappa shape index (κ2) is 12.2. The van der Waals surface area contributed by atoms with Gasteiger partial charge in [-0.05, 0) is 161 Å². The smallest absolute Gasteiger partial charge is 0.152 e. The molecule has 8 aliphatic rings. The van der Waals surface area contributed by atoms with Crippen LogP contribution in [0, 0.1) is 69.0 Å². The molecule has 0 aromatic rings. The van der Waals surface area contributed by atoms with Crippen LogP contribution in [0.5, 0.6) is 0 Å². The number of alkyl halides is 2. The van der Waals surface area contributed by atoms with Gasteiger partial charge in [-0.3, -0.25) is 9.59 Å². The lowest BCUT2D eigenvalue weighted by Gasteiger charge is -2.60. The van der Waals surface area contributed by atoms with E-state index in [9.17, 15) is 19.8 Å². The third kappa shape index (κ3) is 5.27. The second-order valence-electron chi connectivity index (χ2n) is 18.2. The first-order chi connectivity index (χ1) is 20.7. The number of aliphatic hydroxyl groups is 2. The Morgan fingerprint density at radius 1 is 0.533 bits per heavy atom. The van der Waals surface area contributed by atoms with E-state index in [1.165, 1.54) is 51.4 Å². The third-order valence-corrected chi connectivity index (χ3v) is 18.3. The normalized spacial score (nSPS) is 56.6. The van der Waals surface area contributed by atoms with Crippen molar-refractivity contribution in [3.8, 4) is 0 Å². The predicted molar refractivity (Wildman–Crippen MR) is 185 cm³/mol. The number of ketones is 2. The molecule has 8 rings (SSSR count). The van der Waals surface area contributed by atoms with Crippen molar-refractivity contribution in [1.29, 1.82) is 0 Å². The van der Waals surface area contributed by atoms with Gasteiger partial charge in [0.15, 0.2) is 11.6 Å². The van der Waals surface area contributed by atoms with Gasteiger partial charge in [-0.1, -0.05) is 59.6 Å². The molecule has 4 N–H and O–H groups in total. The summed E-state index contributed by atoms with van der Waals surface area (Å²) < 4.78 is 0. The first-order valence-corrected chi connectivity index (χ1v) is 20.3. The summed E-state index contributed by atoms with van der Waals surface area (Å²) in [6.07, 6.45) is 18.1. The van der Waals surface area contributed by atoms with Gasteiger partial charge in [0, 0.05) is 10.8 Å².